The molecule has 6 nitrogen and oxygen atoms in total. The summed E-state index contributed by atoms with van der Waals surface area (Å²) in [6.45, 7) is 1.44. The normalized spacial score (nSPS) is 25.8. The van der Waals surface area contributed by atoms with Gasteiger partial charge >= 0.3 is 0 Å². The molecule has 178 valence electrons. The number of pyridine rings is 1. The van der Waals surface area contributed by atoms with Crippen molar-refractivity contribution >= 4 is 15.7 Å². The third-order valence-corrected chi connectivity index (χ3v) is 9.46. The Hall–Kier alpha value is -2.25. The van der Waals surface area contributed by atoms with Crippen LogP contribution in [0.25, 0.3) is 0 Å². The molecule has 1 aromatic carbocycles. The minimum Gasteiger partial charge on any atom is -0.342 e. The summed E-state index contributed by atoms with van der Waals surface area (Å²) in [5, 5.41) is 0.131. The summed E-state index contributed by atoms with van der Waals surface area (Å²) in [5.74, 6) is 0.291. The molecule has 0 N–H and O–H groups in total. The fourth-order valence-electron chi connectivity index (χ4n) is 5.69. The van der Waals surface area contributed by atoms with Gasteiger partial charge in [0.05, 0.1) is 5.75 Å². The Morgan fingerprint density at radius 3 is 2.30 bits per heavy atom. The van der Waals surface area contributed by atoms with Crippen molar-refractivity contribution < 1.29 is 13.2 Å². The van der Waals surface area contributed by atoms with Crippen LogP contribution in [0.5, 0.6) is 0 Å². The van der Waals surface area contributed by atoms with Gasteiger partial charge in [-0.05, 0) is 75.7 Å². The minimum atomic E-state index is -3.36. The Balaban J connectivity index is 1.31. The fraction of sp³-hybridized carbons (Fsp3) is 0.538. The van der Waals surface area contributed by atoms with Crippen LogP contribution in [0, 0.1) is 5.41 Å². The molecular formula is C26H35N3O3S. The molecule has 1 aliphatic carbocycles. The Labute approximate surface area is 197 Å². The van der Waals surface area contributed by atoms with Crippen molar-refractivity contribution in [3.05, 3.63) is 60.3 Å². The van der Waals surface area contributed by atoms with Gasteiger partial charge in [-0.1, -0.05) is 36.4 Å². The van der Waals surface area contributed by atoms with Crippen molar-refractivity contribution in [3.8, 4) is 0 Å². The maximum absolute atomic E-state index is 12.8. The summed E-state index contributed by atoms with van der Waals surface area (Å²) in [4.78, 5) is 21.1. The van der Waals surface area contributed by atoms with Crippen molar-refractivity contribution in [1.29, 1.82) is 0 Å². The van der Waals surface area contributed by atoms with Crippen LogP contribution >= 0.6 is 0 Å². The van der Waals surface area contributed by atoms with Crippen molar-refractivity contribution in [2.45, 2.75) is 55.5 Å². The van der Waals surface area contributed by atoms with Crippen LogP contribution in [0.1, 0.15) is 50.5 Å². The lowest BCUT2D eigenvalue weighted by atomic mass is 9.64. The zero-order valence-electron chi connectivity index (χ0n) is 19.7. The van der Waals surface area contributed by atoms with Crippen LogP contribution in [-0.2, 0) is 20.2 Å². The van der Waals surface area contributed by atoms with Gasteiger partial charge in [-0.2, -0.15) is 0 Å². The number of rotatable bonds is 8. The minimum absolute atomic E-state index is 0.0306. The first-order valence-corrected chi connectivity index (χ1v) is 13.6. The molecule has 4 rings (SSSR count). The molecular weight excluding hydrogens is 434 g/mol. The van der Waals surface area contributed by atoms with Gasteiger partial charge in [0.2, 0.25) is 5.91 Å². The van der Waals surface area contributed by atoms with Gasteiger partial charge in [0.15, 0.2) is 14.9 Å². The van der Waals surface area contributed by atoms with Gasteiger partial charge in [0, 0.05) is 31.2 Å². The monoisotopic (exact) mass is 469 g/mol. The van der Waals surface area contributed by atoms with Crippen LogP contribution in [0.15, 0.2) is 59.8 Å². The number of hydrogen-bond acceptors (Lipinski definition) is 5. The first-order chi connectivity index (χ1) is 15.8. The van der Waals surface area contributed by atoms with E-state index >= 15 is 0 Å². The highest BCUT2D eigenvalue weighted by Crippen LogP contribution is 2.52. The summed E-state index contributed by atoms with van der Waals surface area (Å²) in [5.41, 5.74) is 1.45. The van der Waals surface area contributed by atoms with Crippen molar-refractivity contribution in [2.24, 2.45) is 5.41 Å². The second-order valence-corrected chi connectivity index (χ2v) is 12.0. The van der Waals surface area contributed by atoms with E-state index in [0.29, 0.717) is 25.8 Å². The smallest absolute Gasteiger partial charge is 0.223 e. The van der Waals surface area contributed by atoms with E-state index in [1.807, 2.05) is 4.90 Å². The van der Waals surface area contributed by atoms with E-state index in [1.165, 1.54) is 17.8 Å². The Kier molecular flexibility index (Phi) is 6.91. The summed E-state index contributed by atoms with van der Waals surface area (Å²) >= 11 is 0. The maximum atomic E-state index is 12.8. The zero-order chi connectivity index (χ0) is 23.5. The maximum Gasteiger partial charge on any atom is 0.223 e. The van der Waals surface area contributed by atoms with E-state index in [2.05, 4.69) is 54.3 Å². The second kappa shape index (κ2) is 9.55. The predicted octanol–water partition coefficient (Wildman–Crippen LogP) is 3.89. The van der Waals surface area contributed by atoms with Gasteiger partial charge in [-0.25, -0.2) is 13.4 Å². The quantitative estimate of drug-likeness (QED) is 0.549. The van der Waals surface area contributed by atoms with Crippen LogP contribution in [0.2, 0.25) is 0 Å². The molecule has 2 heterocycles. The molecule has 2 aromatic rings. The number of aromatic nitrogens is 1. The van der Waals surface area contributed by atoms with E-state index in [0.717, 1.165) is 32.2 Å². The van der Waals surface area contributed by atoms with Crippen LogP contribution < -0.4 is 0 Å². The first kappa shape index (κ1) is 23.9. The van der Waals surface area contributed by atoms with Crippen LogP contribution in [0.4, 0.5) is 0 Å². The molecule has 1 aromatic heterocycles. The third kappa shape index (κ3) is 4.99. The molecule has 0 bridgehead atoms. The van der Waals surface area contributed by atoms with Gasteiger partial charge in [-0.15, -0.1) is 0 Å². The van der Waals surface area contributed by atoms with Gasteiger partial charge in [-0.3, -0.25) is 9.69 Å². The molecule has 2 fully saturated rings. The van der Waals surface area contributed by atoms with Gasteiger partial charge in [0.1, 0.15) is 0 Å². The molecule has 1 saturated carbocycles. The van der Waals surface area contributed by atoms with E-state index < -0.39 is 9.84 Å². The number of sulfone groups is 1. The van der Waals surface area contributed by atoms with Crippen molar-refractivity contribution in [1.82, 2.24) is 14.8 Å². The van der Waals surface area contributed by atoms with E-state index in [-0.39, 0.29) is 27.6 Å². The molecule has 7 heteroatoms. The number of carbonyl (C=O) groups excluding carboxylic acids is 1. The van der Waals surface area contributed by atoms with Crippen molar-refractivity contribution in [3.63, 3.8) is 0 Å². The lowest BCUT2D eigenvalue weighted by Crippen LogP contribution is -2.47. The number of unbranched alkanes of at least 4 members (excludes halogenated alkanes) is 1. The first-order valence-electron chi connectivity index (χ1n) is 11.9. The highest BCUT2D eigenvalue weighted by atomic mass is 32.2. The third-order valence-electron chi connectivity index (χ3n) is 7.76. The van der Waals surface area contributed by atoms with Gasteiger partial charge < -0.3 is 4.90 Å². The molecule has 2 aliphatic rings. The fourth-order valence-corrected chi connectivity index (χ4v) is 6.99. The molecule has 33 heavy (non-hydrogen) atoms. The topological polar surface area (TPSA) is 70.6 Å². The lowest BCUT2D eigenvalue weighted by Gasteiger charge is -2.48. The SMILES string of the molecule is CN(C)C1(c2ccccc2)CCC2(CC1)CC(=O)N(CCCCS(=O)(=O)c1ccccn1)C2. The largest absolute Gasteiger partial charge is 0.342 e. The van der Waals surface area contributed by atoms with E-state index in [1.54, 1.807) is 12.1 Å². The standard InChI is InChI=1S/C26H35N3O3S/c1-28(2)26(22-10-4-3-5-11-22)15-13-25(14-16-26)20-24(30)29(21-25)18-8-9-19-33(31,32)23-12-6-7-17-27-23/h3-7,10-12,17H,8-9,13-16,18-21H2,1-2H3. The van der Waals surface area contributed by atoms with Crippen LogP contribution in [0.3, 0.4) is 0 Å². The molecule has 1 spiro atoms. The van der Waals surface area contributed by atoms with Crippen molar-refractivity contribution in [2.75, 3.05) is 32.9 Å². The highest BCUT2D eigenvalue weighted by molar-refractivity contribution is 7.91. The summed E-state index contributed by atoms with van der Waals surface area (Å²) in [6, 6.07) is 15.7. The van der Waals surface area contributed by atoms with Crippen LogP contribution in [-0.4, -0.2) is 62.0 Å². The summed E-state index contributed by atoms with van der Waals surface area (Å²) in [7, 11) is 0.962. The lowest BCUT2D eigenvalue weighted by molar-refractivity contribution is -0.127. The molecule has 0 radical (unpaired) electrons. The Bertz CT molecular complexity index is 1050. The van der Waals surface area contributed by atoms with E-state index in [9.17, 15) is 13.2 Å². The second-order valence-electron chi connectivity index (χ2n) is 9.98. The predicted molar refractivity (Wildman–Crippen MR) is 129 cm³/mol. The number of amides is 1. The molecule has 0 atom stereocenters. The number of benzene rings is 1. The number of hydrogen-bond donors (Lipinski definition) is 0. The Morgan fingerprint density at radius 2 is 1.67 bits per heavy atom. The molecule has 1 aliphatic heterocycles. The zero-order valence-corrected chi connectivity index (χ0v) is 20.6. The number of likely N-dealkylation sites (tertiary alicyclic amines) is 1. The average Bonchev–Trinajstić information content (AvgIpc) is 3.13. The molecule has 0 unspecified atom stereocenters. The van der Waals surface area contributed by atoms with E-state index in [4.69, 9.17) is 0 Å². The summed E-state index contributed by atoms with van der Waals surface area (Å²) < 4.78 is 24.8. The molecule has 1 saturated heterocycles. The molecule has 1 amide bonds. The highest BCUT2D eigenvalue weighted by Gasteiger charge is 2.49. The summed E-state index contributed by atoms with van der Waals surface area (Å²) in [6.07, 6.45) is 7.53. The Morgan fingerprint density at radius 1 is 0.970 bits per heavy atom. The number of carbonyl (C=O) groups is 1. The average molecular weight is 470 g/mol. The van der Waals surface area contributed by atoms with Gasteiger partial charge in [0.25, 0.3) is 0 Å². The number of nitrogens with zero attached hydrogens (tertiary/aromatic N) is 3.